The quantitative estimate of drug-likeness (QED) is 0.178. The Morgan fingerprint density at radius 3 is 1.96 bits per heavy atom. The zero-order valence-electron chi connectivity index (χ0n) is 30.4. The fourth-order valence-electron chi connectivity index (χ4n) is 9.13. The lowest BCUT2D eigenvalue weighted by Gasteiger charge is -2.26. The Hall–Kier alpha value is -7.36. The van der Waals surface area contributed by atoms with Crippen molar-refractivity contribution >= 4 is 71.7 Å². The second-order valence-corrected chi connectivity index (χ2v) is 14.8. The monoisotopic (exact) mass is 715 g/mol. The zero-order chi connectivity index (χ0) is 36.7. The highest BCUT2D eigenvalue weighted by atomic mass is 16.3. The maximum absolute atomic E-state index is 6.97. The molecule has 0 bridgehead atoms. The Morgan fingerprint density at radius 2 is 1.05 bits per heavy atom. The summed E-state index contributed by atoms with van der Waals surface area (Å²) in [5.74, 6) is 0. The van der Waals surface area contributed by atoms with Crippen molar-refractivity contribution in [2.45, 2.75) is 6.42 Å². The first-order valence-corrected chi connectivity index (χ1v) is 19.2. The largest absolute Gasteiger partial charge is 0.455 e. The lowest BCUT2D eigenvalue weighted by atomic mass is 9.90. The highest BCUT2D eigenvalue weighted by molar-refractivity contribution is 6.19. The van der Waals surface area contributed by atoms with Gasteiger partial charge in [-0.3, -0.25) is 0 Å². The van der Waals surface area contributed by atoms with Gasteiger partial charge >= 0.3 is 0 Å². The number of nitrogens with zero attached hydrogens (tertiary/aromatic N) is 1. The third-order valence-corrected chi connectivity index (χ3v) is 11.7. The van der Waals surface area contributed by atoms with Gasteiger partial charge in [-0.15, -0.1) is 0 Å². The number of furan rings is 2. The smallest absolute Gasteiger partial charge is 0.159 e. The molecule has 3 heteroatoms. The highest BCUT2D eigenvalue weighted by Gasteiger charge is 2.26. The van der Waals surface area contributed by atoms with Crippen LogP contribution < -0.4 is 4.90 Å². The van der Waals surface area contributed by atoms with E-state index in [2.05, 4.69) is 181 Å². The van der Waals surface area contributed by atoms with Gasteiger partial charge in [-0.05, 0) is 105 Å². The van der Waals surface area contributed by atoms with Crippen LogP contribution in [0.1, 0.15) is 11.1 Å². The molecule has 0 fully saturated rings. The lowest BCUT2D eigenvalue weighted by molar-refractivity contribution is 0.669. The van der Waals surface area contributed by atoms with Crippen LogP contribution in [0.25, 0.3) is 88.0 Å². The van der Waals surface area contributed by atoms with Gasteiger partial charge in [0.15, 0.2) is 5.58 Å². The molecule has 0 spiro atoms. The average molecular weight is 716 g/mol. The Labute approximate surface area is 323 Å². The molecule has 3 nitrogen and oxygen atoms in total. The maximum atomic E-state index is 6.97. The summed E-state index contributed by atoms with van der Waals surface area (Å²) in [6.07, 6.45) is 0.905. The molecule has 0 aliphatic heterocycles. The van der Waals surface area contributed by atoms with E-state index in [0.717, 1.165) is 72.9 Å². The van der Waals surface area contributed by atoms with Crippen LogP contribution in [0.5, 0.6) is 0 Å². The Morgan fingerprint density at radius 1 is 0.393 bits per heavy atom. The van der Waals surface area contributed by atoms with Gasteiger partial charge < -0.3 is 13.7 Å². The van der Waals surface area contributed by atoms with Crippen LogP contribution in [0, 0.1) is 0 Å². The molecular weight excluding hydrogens is 683 g/mol. The van der Waals surface area contributed by atoms with Crippen molar-refractivity contribution in [1.82, 2.24) is 0 Å². The van der Waals surface area contributed by atoms with E-state index in [0.29, 0.717) is 0 Å². The van der Waals surface area contributed by atoms with Gasteiger partial charge in [-0.25, -0.2) is 0 Å². The summed E-state index contributed by atoms with van der Waals surface area (Å²) >= 11 is 0. The van der Waals surface area contributed by atoms with Gasteiger partial charge in [0.1, 0.15) is 16.7 Å². The van der Waals surface area contributed by atoms with E-state index >= 15 is 0 Å². The SMILES string of the molecule is c1ccc(-c2ccc(N(c3ccc4oc5c(-c6cccc7c6Cc6ccccc6-7)c6ccccc6cc5c4c3)c3cccc4c3oc3ccccc34)cc2)cc1. The van der Waals surface area contributed by atoms with Crippen LogP contribution in [-0.2, 0) is 6.42 Å². The summed E-state index contributed by atoms with van der Waals surface area (Å²) in [7, 11) is 0. The lowest BCUT2D eigenvalue weighted by Crippen LogP contribution is -2.10. The Balaban J connectivity index is 1.09. The van der Waals surface area contributed by atoms with E-state index in [1.54, 1.807) is 0 Å². The molecule has 1 aliphatic carbocycles. The molecule has 12 rings (SSSR count). The van der Waals surface area contributed by atoms with E-state index in [1.165, 1.54) is 49.7 Å². The van der Waals surface area contributed by atoms with Crippen LogP contribution in [0.2, 0.25) is 0 Å². The van der Waals surface area contributed by atoms with Crippen molar-refractivity contribution < 1.29 is 8.83 Å². The molecule has 1 aliphatic rings. The number of anilines is 3. The molecule has 0 saturated carbocycles. The summed E-state index contributed by atoms with van der Waals surface area (Å²) in [6.45, 7) is 0. The van der Waals surface area contributed by atoms with E-state index in [-0.39, 0.29) is 0 Å². The normalized spacial score (nSPS) is 12.2. The van der Waals surface area contributed by atoms with E-state index < -0.39 is 0 Å². The third kappa shape index (κ3) is 4.64. The van der Waals surface area contributed by atoms with Crippen LogP contribution in [0.15, 0.2) is 197 Å². The predicted molar refractivity (Wildman–Crippen MR) is 232 cm³/mol. The molecule has 9 aromatic carbocycles. The number of fused-ring (bicyclic) bond motifs is 10. The number of para-hydroxylation sites is 2. The van der Waals surface area contributed by atoms with Crippen molar-refractivity contribution in [3.63, 3.8) is 0 Å². The third-order valence-electron chi connectivity index (χ3n) is 11.7. The summed E-state index contributed by atoms with van der Waals surface area (Å²) in [5.41, 5.74) is 16.6. The number of rotatable bonds is 5. The molecule has 0 saturated heterocycles. The van der Waals surface area contributed by atoms with Crippen LogP contribution in [-0.4, -0.2) is 0 Å². The highest BCUT2D eigenvalue weighted by Crippen LogP contribution is 2.49. The van der Waals surface area contributed by atoms with Crippen molar-refractivity contribution in [1.29, 1.82) is 0 Å². The molecule has 56 heavy (non-hydrogen) atoms. The first-order valence-electron chi connectivity index (χ1n) is 19.2. The summed E-state index contributed by atoms with van der Waals surface area (Å²) in [6, 6.07) is 67.3. The molecule has 2 aromatic heterocycles. The minimum Gasteiger partial charge on any atom is -0.455 e. The van der Waals surface area contributed by atoms with Crippen LogP contribution in [0.3, 0.4) is 0 Å². The standard InChI is InChI=1S/C53H33NO2/c1-2-12-33(13-3-1)34-24-26-37(27-25-34)54(48-22-11-21-44-42-18-8-9-23-49(42)55-52(44)48)38-28-29-50-46(32-38)47-31-36-15-5-7-17-40(36)51(53(47)56-50)43-20-10-19-41-39-16-6-4-14-35(39)30-45(41)43/h1-29,31-32H,30H2. The van der Waals surface area contributed by atoms with Gasteiger partial charge in [0, 0.05) is 38.5 Å². The van der Waals surface area contributed by atoms with Gasteiger partial charge in [-0.1, -0.05) is 140 Å². The van der Waals surface area contributed by atoms with Crippen molar-refractivity contribution in [3.05, 3.63) is 199 Å². The maximum Gasteiger partial charge on any atom is 0.159 e. The van der Waals surface area contributed by atoms with Crippen molar-refractivity contribution in [2.75, 3.05) is 4.90 Å². The average Bonchev–Trinajstić information content (AvgIpc) is 3.95. The molecule has 0 amide bonds. The first kappa shape index (κ1) is 31.0. The van der Waals surface area contributed by atoms with Gasteiger partial charge in [0.05, 0.1) is 5.69 Å². The Bertz CT molecular complexity index is 3330. The molecule has 0 unspecified atom stereocenters. The number of hydrogen-bond donors (Lipinski definition) is 0. The minimum absolute atomic E-state index is 0.852. The molecule has 262 valence electrons. The zero-order valence-corrected chi connectivity index (χ0v) is 30.4. The minimum atomic E-state index is 0.852. The summed E-state index contributed by atoms with van der Waals surface area (Å²) < 4.78 is 13.6. The number of hydrogen-bond acceptors (Lipinski definition) is 3. The van der Waals surface area contributed by atoms with Crippen LogP contribution >= 0.6 is 0 Å². The molecule has 0 atom stereocenters. The van der Waals surface area contributed by atoms with E-state index in [4.69, 9.17) is 8.83 Å². The van der Waals surface area contributed by atoms with E-state index in [9.17, 15) is 0 Å². The number of benzene rings is 9. The molecule has 0 N–H and O–H groups in total. The fraction of sp³-hybridized carbons (Fsp3) is 0.0189. The summed E-state index contributed by atoms with van der Waals surface area (Å²) in [4.78, 5) is 2.32. The van der Waals surface area contributed by atoms with Gasteiger partial charge in [-0.2, -0.15) is 0 Å². The molecule has 0 radical (unpaired) electrons. The second-order valence-electron chi connectivity index (χ2n) is 14.8. The first-order chi connectivity index (χ1) is 27.8. The fourth-order valence-corrected chi connectivity index (χ4v) is 9.13. The topological polar surface area (TPSA) is 29.5 Å². The van der Waals surface area contributed by atoms with E-state index in [1.807, 2.05) is 12.1 Å². The summed E-state index contributed by atoms with van der Waals surface area (Å²) in [5, 5.41) is 6.76. The molecule has 11 aromatic rings. The molecular formula is C53H33NO2. The van der Waals surface area contributed by atoms with Gasteiger partial charge in [0.2, 0.25) is 0 Å². The second kappa shape index (κ2) is 12.1. The van der Waals surface area contributed by atoms with Gasteiger partial charge in [0.25, 0.3) is 0 Å². The predicted octanol–water partition coefficient (Wildman–Crippen LogP) is 15.0. The van der Waals surface area contributed by atoms with Crippen LogP contribution in [0.4, 0.5) is 17.1 Å². The van der Waals surface area contributed by atoms with Crippen molar-refractivity contribution in [3.8, 4) is 33.4 Å². The Kier molecular flexibility index (Phi) is 6.69. The molecule has 2 heterocycles. The van der Waals surface area contributed by atoms with Crippen molar-refractivity contribution in [2.24, 2.45) is 0 Å².